The lowest BCUT2D eigenvalue weighted by atomic mass is 10.1. The molecule has 1 aliphatic heterocycles. The number of nitrogens with one attached hydrogen (secondary N) is 1. The maximum atomic E-state index is 12.8. The third kappa shape index (κ3) is 4.31. The van der Waals surface area contributed by atoms with Crippen LogP contribution in [-0.4, -0.2) is 60.8 Å². The first-order valence-corrected chi connectivity index (χ1v) is 9.09. The predicted molar refractivity (Wildman–Crippen MR) is 106 cm³/mol. The Bertz CT molecular complexity index is 889. The third-order valence-electron chi connectivity index (χ3n) is 4.74. The minimum Gasteiger partial charge on any atom is -0.495 e. The van der Waals surface area contributed by atoms with Crippen LogP contribution in [0, 0.1) is 0 Å². The van der Waals surface area contributed by atoms with Crippen LogP contribution in [0.4, 0.5) is 5.69 Å². The van der Waals surface area contributed by atoms with E-state index in [2.05, 4.69) is 5.32 Å². The third-order valence-corrected chi connectivity index (χ3v) is 4.74. The quantitative estimate of drug-likeness (QED) is 0.881. The van der Waals surface area contributed by atoms with Crippen LogP contribution in [0.3, 0.4) is 0 Å². The molecule has 0 aromatic heterocycles. The van der Waals surface area contributed by atoms with Crippen molar-refractivity contribution in [1.29, 1.82) is 0 Å². The Balaban J connectivity index is 1.70. The number of rotatable bonds is 4. The van der Waals surface area contributed by atoms with Crippen molar-refractivity contribution in [3.8, 4) is 5.75 Å². The summed E-state index contributed by atoms with van der Waals surface area (Å²) in [5.74, 6) is 0.115. The van der Waals surface area contributed by atoms with E-state index in [4.69, 9.17) is 4.74 Å². The average Bonchev–Trinajstić information content (AvgIpc) is 2.73. The van der Waals surface area contributed by atoms with E-state index in [1.807, 2.05) is 6.07 Å². The Morgan fingerprint density at radius 1 is 0.893 bits per heavy atom. The summed E-state index contributed by atoms with van der Waals surface area (Å²) in [7, 11) is 1.54. The number of benzene rings is 2. The van der Waals surface area contributed by atoms with Crippen LogP contribution in [0.1, 0.15) is 27.6 Å². The fourth-order valence-corrected chi connectivity index (χ4v) is 3.14. The number of nitrogens with zero attached hydrogens (tertiary/aromatic N) is 2. The topological polar surface area (TPSA) is 79.0 Å². The molecule has 0 radical (unpaired) electrons. The van der Waals surface area contributed by atoms with E-state index < -0.39 is 0 Å². The van der Waals surface area contributed by atoms with Crippen molar-refractivity contribution in [3.05, 3.63) is 59.7 Å². The second-order valence-corrected chi connectivity index (χ2v) is 6.53. The van der Waals surface area contributed by atoms with E-state index in [1.165, 1.54) is 14.0 Å². The summed E-state index contributed by atoms with van der Waals surface area (Å²) < 4.78 is 5.25. The van der Waals surface area contributed by atoms with E-state index in [1.54, 1.807) is 52.3 Å². The maximum absolute atomic E-state index is 12.8. The molecule has 1 aliphatic rings. The zero-order chi connectivity index (χ0) is 20.1. The van der Waals surface area contributed by atoms with Crippen molar-refractivity contribution in [2.45, 2.75) is 6.92 Å². The molecule has 0 spiro atoms. The SMILES string of the molecule is COc1ccccc1NC(=O)c1cccc(C(=O)N2CCN(C(C)=O)CC2)c1. The van der Waals surface area contributed by atoms with Crippen molar-refractivity contribution in [2.75, 3.05) is 38.6 Å². The Kier molecular flexibility index (Phi) is 5.93. The van der Waals surface area contributed by atoms with Crippen LogP contribution >= 0.6 is 0 Å². The number of methoxy groups -OCH3 is 1. The molecule has 1 N–H and O–H groups in total. The van der Waals surface area contributed by atoms with Gasteiger partial charge in [0.1, 0.15) is 5.75 Å². The summed E-state index contributed by atoms with van der Waals surface area (Å²) in [5.41, 5.74) is 1.40. The van der Waals surface area contributed by atoms with Crippen molar-refractivity contribution >= 4 is 23.4 Å². The monoisotopic (exact) mass is 381 g/mol. The van der Waals surface area contributed by atoms with Crippen LogP contribution in [0.25, 0.3) is 0 Å². The van der Waals surface area contributed by atoms with Gasteiger partial charge in [-0.1, -0.05) is 18.2 Å². The summed E-state index contributed by atoms with van der Waals surface area (Å²) in [4.78, 5) is 40.3. The predicted octanol–water partition coefficient (Wildman–Crippen LogP) is 2.25. The number of carbonyl (C=O) groups is 3. The molecule has 0 unspecified atom stereocenters. The molecule has 1 heterocycles. The molecule has 7 heteroatoms. The van der Waals surface area contributed by atoms with E-state index in [-0.39, 0.29) is 17.7 Å². The first-order valence-electron chi connectivity index (χ1n) is 9.09. The molecule has 1 saturated heterocycles. The molecule has 0 bridgehead atoms. The lowest BCUT2D eigenvalue weighted by Crippen LogP contribution is -2.50. The van der Waals surface area contributed by atoms with Crippen LogP contribution in [0.5, 0.6) is 5.75 Å². The van der Waals surface area contributed by atoms with Gasteiger partial charge in [-0.3, -0.25) is 14.4 Å². The van der Waals surface area contributed by atoms with Crippen molar-refractivity contribution in [3.63, 3.8) is 0 Å². The van der Waals surface area contributed by atoms with E-state index >= 15 is 0 Å². The summed E-state index contributed by atoms with van der Waals surface area (Å²) in [6.45, 7) is 3.54. The summed E-state index contributed by atoms with van der Waals surface area (Å²) in [6, 6.07) is 13.8. The van der Waals surface area contributed by atoms with E-state index in [0.29, 0.717) is 48.7 Å². The largest absolute Gasteiger partial charge is 0.495 e. The van der Waals surface area contributed by atoms with E-state index in [0.717, 1.165) is 0 Å². The molecule has 2 aromatic carbocycles. The van der Waals surface area contributed by atoms with Gasteiger partial charge >= 0.3 is 0 Å². The van der Waals surface area contributed by atoms with Crippen LogP contribution in [0.15, 0.2) is 48.5 Å². The van der Waals surface area contributed by atoms with Gasteiger partial charge in [0.15, 0.2) is 0 Å². The average molecular weight is 381 g/mol. The number of hydrogen-bond donors (Lipinski definition) is 1. The maximum Gasteiger partial charge on any atom is 0.255 e. The standard InChI is InChI=1S/C21H23N3O4/c1-15(25)23-10-12-24(13-11-23)21(27)17-7-5-6-16(14-17)20(26)22-18-8-3-4-9-19(18)28-2/h3-9,14H,10-13H2,1-2H3,(H,22,26). The molecular weight excluding hydrogens is 358 g/mol. The van der Waals surface area contributed by atoms with Crippen LogP contribution in [0.2, 0.25) is 0 Å². The number of carbonyl (C=O) groups excluding carboxylic acids is 3. The van der Waals surface area contributed by atoms with Gasteiger partial charge in [0.25, 0.3) is 11.8 Å². The van der Waals surface area contributed by atoms with Crippen molar-refractivity contribution in [1.82, 2.24) is 9.80 Å². The van der Waals surface area contributed by atoms with Gasteiger partial charge in [-0.25, -0.2) is 0 Å². The second-order valence-electron chi connectivity index (χ2n) is 6.53. The highest BCUT2D eigenvalue weighted by molar-refractivity contribution is 6.06. The number of amides is 3. The minimum atomic E-state index is -0.319. The van der Waals surface area contributed by atoms with Gasteiger partial charge in [0.2, 0.25) is 5.91 Å². The van der Waals surface area contributed by atoms with Gasteiger partial charge in [0.05, 0.1) is 12.8 Å². The lowest BCUT2D eigenvalue weighted by Gasteiger charge is -2.34. The van der Waals surface area contributed by atoms with Crippen molar-refractivity contribution < 1.29 is 19.1 Å². The molecule has 7 nitrogen and oxygen atoms in total. The molecule has 3 amide bonds. The highest BCUT2D eigenvalue weighted by atomic mass is 16.5. The van der Waals surface area contributed by atoms with Gasteiger partial charge in [-0.05, 0) is 30.3 Å². The fourth-order valence-electron chi connectivity index (χ4n) is 3.14. The summed E-state index contributed by atoms with van der Waals surface area (Å²) in [6.07, 6.45) is 0. The number of ether oxygens (including phenoxy) is 1. The molecular formula is C21H23N3O4. The molecule has 0 atom stereocenters. The zero-order valence-electron chi connectivity index (χ0n) is 16.0. The van der Waals surface area contributed by atoms with Crippen LogP contribution < -0.4 is 10.1 Å². The first-order chi connectivity index (χ1) is 13.5. The van der Waals surface area contributed by atoms with Gasteiger partial charge < -0.3 is 19.9 Å². The van der Waals surface area contributed by atoms with Gasteiger partial charge in [-0.15, -0.1) is 0 Å². The Morgan fingerprint density at radius 2 is 1.54 bits per heavy atom. The van der Waals surface area contributed by atoms with E-state index in [9.17, 15) is 14.4 Å². The van der Waals surface area contributed by atoms with Crippen molar-refractivity contribution in [2.24, 2.45) is 0 Å². The smallest absolute Gasteiger partial charge is 0.255 e. The fraction of sp³-hybridized carbons (Fsp3) is 0.286. The van der Waals surface area contributed by atoms with Gasteiger partial charge in [0, 0.05) is 44.2 Å². The number of piperazine rings is 1. The normalized spacial score (nSPS) is 13.8. The number of anilines is 1. The molecule has 0 aliphatic carbocycles. The van der Waals surface area contributed by atoms with Gasteiger partial charge in [-0.2, -0.15) is 0 Å². The molecule has 146 valence electrons. The molecule has 3 rings (SSSR count). The Morgan fingerprint density at radius 3 is 2.21 bits per heavy atom. The lowest BCUT2D eigenvalue weighted by molar-refractivity contribution is -0.130. The molecule has 0 saturated carbocycles. The number of para-hydroxylation sites is 2. The molecule has 2 aromatic rings. The number of hydrogen-bond acceptors (Lipinski definition) is 4. The highest BCUT2D eigenvalue weighted by Crippen LogP contribution is 2.24. The highest BCUT2D eigenvalue weighted by Gasteiger charge is 2.23. The minimum absolute atomic E-state index is 0.0158. The molecule has 28 heavy (non-hydrogen) atoms. The Labute approximate surface area is 163 Å². The summed E-state index contributed by atoms with van der Waals surface area (Å²) in [5, 5.41) is 2.81. The summed E-state index contributed by atoms with van der Waals surface area (Å²) >= 11 is 0. The van der Waals surface area contributed by atoms with Crippen LogP contribution in [-0.2, 0) is 4.79 Å². The second kappa shape index (κ2) is 8.56. The Hall–Kier alpha value is -3.35. The molecule has 1 fully saturated rings. The zero-order valence-corrected chi connectivity index (χ0v) is 16.0. The first kappa shape index (κ1) is 19.4.